The Bertz CT molecular complexity index is 2190. The molecule has 0 atom stereocenters. The number of rotatable bonds is 12. The largest absolute Gasteiger partial charge is 0.367 e. The topological polar surface area (TPSA) is 125 Å². The van der Waals surface area contributed by atoms with E-state index in [0.29, 0.717) is 67.0 Å². The van der Waals surface area contributed by atoms with E-state index in [1.165, 1.54) is 23.7 Å². The maximum absolute atomic E-state index is 15.0. The second-order valence-electron chi connectivity index (χ2n) is 12.7. The Morgan fingerprint density at radius 2 is 1.66 bits per heavy atom. The van der Waals surface area contributed by atoms with Crippen LogP contribution in [0.3, 0.4) is 0 Å². The maximum Gasteiger partial charge on any atom is 0.227 e. The van der Waals surface area contributed by atoms with E-state index < -0.39 is 19.7 Å². The van der Waals surface area contributed by atoms with E-state index in [4.69, 9.17) is 9.97 Å². The van der Waals surface area contributed by atoms with Crippen molar-refractivity contribution in [2.24, 2.45) is 0 Å². The van der Waals surface area contributed by atoms with Crippen molar-refractivity contribution in [3.63, 3.8) is 0 Å². The van der Waals surface area contributed by atoms with Crippen molar-refractivity contribution in [2.45, 2.75) is 30.4 Å². The summed E-state index contributed by atoms with van der Waals surface area (Å²) in [5, 5.41) is 4.15. The second-order valence-corrected chi connectivity index (χ2v) is 18.0. The summed E-state index contributed by atoms with van der Waals surface area (Å²) in [5.41, 5.74) is 3.88. The Morgan fingerprint density at radius 1 is 0.900 bits per heavy atom. The zero-order valence-electron chi connectivity index (χ0n) is 28.1. The Kier molecular flexibility index (Phi) is 10.6. The lowest BCUT2D eigenvalue weighted by Crippen LogP contribution is -2.47. The molecule has 1 N–H and O–H groups in total. The minimum atomic E-state index is -3.54. The minimum absolute atomic E-state index is 0.104. The highest BCUT2D eigenvalue weighted by Crippen LogP contribution is 2.39. The molecule has 3 heterocycles. The monoisotopic (exact) mass is 734 g/mol. The van der Waals surface area contributed by atoms with Gasteiger partial charge in [-0.25, -0.2) is 36.2 Å². The molecular weight excluding hydrogens is 696 g/mol. The summed E-state index contributed by atoms with van der Waals surface area (Å²) in [5.74, 6) is 0.116. The van der Waals surface area contributed by atoms with E-state index in [2.05, 4.69) is 29.0 Å². The highest BCUT2D eigenvalue weighted by atomic mass is 32.2. The molecule has 0 bridgehead atoms. The second kappa shape index (κ2) is 14.9. The van der Waals surface area contributed by atoms with Crippen LogP contribution in [-0.2, 0) is 25.4 Å². The molecule has 6 rings (SSSR count). The molecule has 5 aromatic rings. The summed E-state index contributed by atoms with van der Waals surface area (Å²) in [6.45, 7) is 7.03. The number of piperazine rings is 1. The molecule has 1 aliphatic rings. The van der Waals surface area contributed by atoms with Crippen molar-refractivity contribution in [3.8, 4) is 21.8 Å². The van der Waals surface area contributed by atoms with Gasteiger partial charge >= 0.3 is 0 Å². The lowest BCUT2D eigenvalue weighted by molar-refractivity contribution is 0.271. The highest BCUT2D eigenvalue weighted by molar-refractivity contribution is 7.91. The minimum Gasteiger partial charge on any atom is -0.367 e. The van der Waals surface area contributed by atoms with Crippen molar-refractivity contribution in [1.29, 1.82) is 0 Å². The lowest BCUT2D eigenvalue weighted by atomic mass is 10.1. The maximum atomic E-state index is 15.0. The average molecular weight is 735 g/mol. The first-order valence-corrected chi connectivity index (χ1v) is 20.8. The van der Waals surface area contributed by atoms with Crippen LogP contribution in [0.15, 0.2) is 90.0 Å². The standard InChI is InChI=1S/C36H39FN6O4S3/c1-25(2)35-41-33(27-9-7-8-26(22-27)24-50(46,47)29-10-5-4-6-11-29)34(48-35)31-14-15-38-36(40-31)39-28-12-13-30(37)32(23-28)43-18-16-42(17-19-43)20-21-49(3,44)45/h4-15,22-23,25H,16-21,24H2,1-3H3,(H,38,39,40). The number of benzene rings is 3. The number of sulfone groups is 2. The number of nitrogens with one attached hydrogen (secondary N) is 1. The predicted molar refractivity (Wildman–Crippen MR) is 198 cm³/mol. The van der Waals surface area contributed by atoms with Gasteiger partial charge in [-0.3, -0.25) is 4.90 Å². The van der Waals surface area contributed by atoms with Gasteiger partial charge < -0.3 is 10.2 Å². The van der Waals surface area contributed by atoms with Crippen LogP contribution in [0.1, 0.15) is 30.3 Å². The summed E-state index contributed by atoms with van der Waals surface area (Å²) in [6, 6.07) is 22.5. The Labute approximate surface area is 296 Å². The van der Waals surface area contributed by atoms with Gasteiger partial charge in [-0.1, -0.05) is 50.2 Å². The summed E-state index contributed by atoms with van der Waals surface area (Å²) in [7, 11) is -6.58. The van der Waals surface area contributed by atoms with Crippen LogP contribution in [0.25, 0.3) is 21.8 Å². The first-order chi connectivity index (χ1) is 23.8. The van der Waals surface area contributed by atoms with Crippen molar-refractivity contribution in [2.75, 3.05) is 54.9 Å². The fourth-order valence-corrected chi connectivity index (χ4v) is 8.71. The van der Waals surface area contributed by atoms with E-state index in [9.17, 15) is 16.8 Å². The van der Waals surface area contributed by atoms with E-state index in [1.807, 2.05) is 35.2 Å². The molecule has 3 aromatic carbocycles. The van der Waals surface area contributed by atoms with Crippen LogP contribution < -0.4 is 10.2 Å². The first-order valence-electron chi connectivity index (χ1n) is 16.3. The molecule has 1 fully saturated rings. The van der Waals surface area contributed by atoms with E-state index in [-0.39, 0.29) is 28.1 Å². The number of hydrogen-bond acceptors (Lipinski definition) is 11. The van der Waals surface area contributed by atoms with Gasteiger partial charge in [0.15, 0.2) is 9.84 Å². The van der Waals surface area contributed by atoms with Crippen LogP contribution in [0.4, 0.5) is 21.7 Å². The molecule has 0 aliphatic carbocycles. The molecule has 0 amide bonds. The molecule has 1 saturated heterocycles. The summed E-state index contributed by atoms with van der Waals surface area (Å²) < 4.78 is 64.4. The molecule has 262 valence electrons. The molecule has 0 unspecified atom stereocenters. The third kappa shape index (κ3) is 8.73. The molecular formula is C36H39FN6O4S3. The number of anilines is 3. The van der Waals surface area contributed by atoms with Gasteiger partial charge in [0.05, 0.1) is 43.4 Å². The van der Waals surface area contributed by atoms with Crippen LogP contribution in [0, 0.1) is 5.82 Å². The van der Waals surface area contributed by atoms with Gasteiger partial charge in [0.2, 0.25) is 5.95 Å². The number of aromatic nitrogens is 3. The number of thiazole rings is 1. The van der Waals surface area contributed by atoms with E-state index in [1.54, 1.807) is 48.7 Å². The van der Waals surface area contributed by atoms with Crippen molar-refractivity contribution < 1.29 is 21.2 Å². The Balaban J connectivity index is 1.23. The van der Waals surface area contributed by atoms with Gasteiger partial charge in [-0.2, -0.15) is 0 Å². The van der Waals surface area contributed by atoms with Gasteiger partial charge in [0.25, 0.3) is 0 Å². The van der Waals surface area contributed by atoms with Gasteiger partial charge in [0, 0.05) is 62.3 Å². The van der Waals surface area contributed by atoms with Crippen LogP contribution in [0.5, 0.6) is 0 Å². The third-order valence-electron chi connectivity index (χ3n) is 8.38. The van der Waals surface area contributed by atoms with Gasteiger partial charge in [-0.15, -0.1) is 11.3 Å². The molecule has 50 heavy (non-hydrogen) atoms. The predicted octanol–water partition coefficient (Wildman–Crippen LogP) is 6.41. The fourth-order valence-electron chi connectivity index (χ4n) is 5.71. The van der Waals surface area contributed by atoms with Gasteiger partial charge in [-0.05, 0) is 48.0 Å². The van der Waals surface area contributed by atoms with Crippen molar-refractivity contribution in [1.82, 2.24) is 19.9 Å². The quantitative estimate of drug-likeness (QED) is 0.154. The Hall–Kier alpha value is -4.24. The number of halogens is 1. The first kappa shape index (κ1) is 35.6. The van der Waals surface area contributed by atoms with Crippen LogP contribution >= 0.6 is 11.3 Å². The van der Waals surface area contributed by atoms with Crippen LogP contribution in [0.2, 0.25) is 0 Å². The Morgan fingerprint density at radius 3 is 2.38 bits per heavy atom. The highest BCUT2D eigenvalue weighted by Gasteiger charge is 2.23. The molecule has 0 saturated carbocycles. The normalized spacial score (nSPS) is 14.3. The summed E-state index contributed by atoms with van der Waals surface area (Å²) in [4.78, 5) is 19.4. The van der Waals surface area contributed by atoms with Crippen molar-refractivity contribution >= 4 is 48.3 Å². The smallest absolute Gasteiger partial charge is 0.227 e. The molecule has 1 aliphatic heterocycles. The fraction of sp³-hybridized carbons (Fsp3) is 0.306. The summed E-state index contributed by atoms with van der Waals surface area (Å²) in [6.07, 6.45) is 2.89. The SMILES string of the molecule is CC(C)c1nc(-c2cccc(CS(=O)(=O)c3ccccc3)c2)c(-c2ccnc(Nc3ccc(F)c(N4CCN(CCS(C)(=O)=O)CC4)c3)n2)s1. The third-order valence-corrected chi connectivity index (χ3v) is 12.4. The van der Waals surface area contributed by atoms with E-state index in [0.717, 1.165) is 15.4 Å². The van der Waals surface area contributed by atoms with Crippen LogP contribution in [-0.4, -0.2) is 81.4 Å². The lowest BCUT2D eigenvalue weighted by Gasteiger charge is -2.36. The zero-order valence-corrected chi connectivity index (χ0v) is 30.5. The van der Waals surface area contributed by atoms with Crippen molar-refractivity contribution in [3.05, 3.63) is 101 Å². The molecule has 0 radical (unpaired) electrons. The zero-order chi connectivity index (χ0) is 35.5. The molecule has 2 aromatic heterocycles. The molecule has 10 nitrogen and oxygen atoms in total. The summed E-state index contributed by atoms with van der Waals surface area (Å²) >= 11 is 1.53. The average Bonchev–Trinajstić information content (AvgIpc) is 3.55. The number of nitrogens with zero attached hydrogens (tertiary/aromatic N) is 5. The van der Waals surface area contributed by atoms with E-state index >= 15 is 4.39 Å². The molecule has 0 spiro atoms. The van der Waals surface area contributed by atoms with Gasteiger partial charge in [0.1, 0.15) is 15.7 Å². The molecule has 14 heteroatoms. The number of hydrogen-bond donors (Lipinski definition) is 1.